The van der Waals surface area contributed by atoms with Crippen molar-refractivity contribution < 1.29 is 32.8 Å². The largest absolute Gasteiger partial charge is 0.497 e. The van der Waals surface area contributed by atoms with Gasteiger partial charge in [0.2, 0.25) is 0 Å². The van der Waals surface area contributed by atoms with Gasteiger partial charge < -0.3 is 32.8 Å². The maximum atomic E-state index is 6.59. The van der Waals surface area contributed by atoms with Crippen LogP contribution in [0.4, 0.5) is 0 Å². The Kier molecular flexibility index (Phi) is 8.61. The lowest BCUT2D eigenvalue weighted by atomic mass is 10.0. The summed E-state index contributed by atoms with van der Waals surface area (Å²) in [5.74, 6) is 0.956. The fourth-order valence-corrected chi connectivity index (χ4v) is 4.89. The molecule has 0 aliphatic carbocycles. The molecule has 38 heavy (non-hydrogen) atoms. The molecule has 3 heterocycles. The van der Waals surface area contributed by atoms with Crippen LogP contribution < -0.4 is 4.74 Å². The van der Waals surface area contributed by atoms with E-state index in [1.54, 1.807) is 13.4 Å². The second-order valence-corrected chi connectivity index (χ2v) is 10.1. The predicted octanol–water partition coefficient (Wildman–Crippen LogP) is 5.78. The summed E-state index contributed by atoms with van der Waals surface area (Å²) >= 11 is 0. The molecule has 2 fully saturated rings. The molecule has 0 spiro atoms. The second kappa shape index (κ2) is 12.3. The highest BCUT2D eigenvalue weighted by Crippen LogP contribution is 2.35. The van der Waals surface area contributed by atoms with Crippen molar-refractivity contribution in [2.24, 2.45) is 0 Å². The summed E-state index contributed by atoms with van der Waals surface area (Å²) in [6, 6.07) is 21.8. The number of hydrogen-bond acceptors (Lipinski definition) is 7. The van der Waals surface area contributed by atoms with Gasteiger partial charge in [-0.15, -0.1) is 0 Å². The van der Waals surface area contributed by atoms with E-state index < -0.39 is 5.79 Å². The van der Waals surface area contributed by atoms with Crippen LogP contribution in [0.2, 0.25) is 0 Å². The first-order valence-corrected chi connectivity index (χ1v) is 13.1. The van der Waals surface area contributed by atoms with Crippen LogP contribution in [0.5, 0.6) is 5.75 Å². The first-order chi connectivity index (χ1) is 18.5. The van der Waals surface area contributed by atoms with Crippen molar-refractivity contribution in [1.29, 1.82) is 0 Å². The Morgan fingerprint density at radius 1 is 0.895 bits per heavy atom. The monoisotopic (exact) mass is 520 g/mol. The fraction of sp³-hybridized carbons (Fsp3) is 0.419. The van der Waals surface area contributed by atoms with Gasteiger partial charge in [-0.25, -0.2) is 0 Å². The number of methoxy groups -OCH3 is 1. The standard InChI is InChI=1S/C31H36O7/c1-31(2)36-21-26(38-31)18-28-30(35-19-22-8-5-4-6-9-22)29(27(37-28)16-15-25-10-7-17-33-25)34-20-23-11-13-24(32-3)14-12-23/h4-17,26-30H,18-21H2,1-3H3/t26-,27+,28-,29+,30+/m1/s1. The minimum Gasteiger partial charge on any atom is -0.497 e. The highest BCUT2D eigenvalue weighted by Gasteiger charge is 2.47. The molecule has 5 atom stereocenters. The Labute approximate surface area is 224 Å². The van der Waals surface area contributed by atoms with Gasteiger partial charge in [0.05, 0.1) is 45.4 Å². The quantitative estimate of drug-likeness (QED) is 0.317. The van der Waals surface area contributed by atoms with Crippen molar-refractivity contribution in [2.45, 2.75) is 69.8 Å². The first kappa shape index (κ1) is 26.7. The zero-order valence-corrected chi connectivity index (χ0v) is 22.2. The molecule has 3 aromatic rings. The molecule has 2 saturated heterocycles. The highest BCUT2D eigenvalue weighted by molar-refractivity contribution is 5.43. The van der Waals surface area contributed by atoms with E-state index in [9.17, 15) is 0 Å². The molecular formula is C31H36O7. The summed E-state index contributed by atoms with van der Waals surface area (Å²) in [5.41, 5.74) is 2.13. The van der Waals surface area contributed by atoms with Gasteiger partial charge in [-0.3, -0.25) is 0 Å². The molecule has 0 saturated carbocycles. The van der Waals surface area contributed by atoms with E-state index in [1.807, 2.05) is 80.6 Å². The van der Waals surface area contributed by atoms with Gasteiger partial charge in [-0.1, -0.05) is 42.5 Å². The normalized spacial score (nSPS) is 26.8. The van der Waals surface area contributed by atoms with E-state index in [2.05, 4.69) is 12.1 Å². The third-order valence-electron chi connectivity index (χ3n) is 6.79. The van der Waals surface area contributed by atoms with Crippen LogP contribution in [0.25, 0.3) is 6.08 Å². The van der Waals surface area contributed by atoms with Crippen LogP contribution >= 0.6 is 0 Å². The summed E-state index contributed by atoms with van der Waals surface area (Å²) in [4.78, 5) is 0. The maximum absolute atomic E-state index is 6.59. The fourth-order valence-electron chi connectivity index (χ4n) is 4.89. The number of benzene rings is 2. The third-order valence-corrected chi connectivity index (χ3v) is 6.79. The number of rotatable bonds is 11. The first-order valence-electron chi connectivity index (χ1n) is 13.1. The molecule has 202 valence electrons. The summed E-state index contributed by atoms with van der Waals surface area (Å²) in [6.07, 6.45) is 4.88. The molecule has 2 aromatic carbocycles. The van der Waals surface area contributed by atoms with Gasteiger partial charge >= 0.3 is 0 Å². The average Bonchev–Trinajstić information content (AvgIpc) is 3.65. The predicted molar refractivity (Wildman–Crippen MR) is 143 cm³/mol. The van der Waals surface area contributed by atoms with E-state index >= 15 is 0 Å². The molecular weight excluding hydrogens is 484 g/mol. The molecule has 0 unspecified atom stereocenters. The smallest absolute Gasteiger partial charge is 0.163 e. The van der Waals surface area contributed by atoms with Gasteiger partial charge in [0.25, 0.3) is 0 Å². The van der Waals surface area contributed by atoms with Crippen molar-refractivity contribution in [3.63, 3.8) is 0 Å². The Balaban J connectivity index is 1.37. The average molecular weight is 521 g/mol. The topological polar surface area (TPSA) is 68.5 Å². The zero-order chi connectivity index (χ0) is 26.4. The van der Waals surface area contributed by atoms with Crippen LogP contribution in [0, 0.1) is 0 Å². The second-order valence-electron chi connectivity index (χ2n) is 10.1. The molecule has 2 aliphatic rings. The molecule has 0 N–H and O–H groups in total. The molecule has 0 amide bonds. The summed E-state index contributed by atoms with van der Waals surface area (Å²) in [6.45, 7) is 5.25. The van der Waals surface area contributed by atoms with Crippen LogP contribution in [0.3, 0.4) is 0 Å². The Morgan fingerprint density at radius 2 is 1.63 bits per heavy atom. The lowest BCUT2D eigenvalue weighted by Gasteiger charge is -2.26. The highest BCUT2D eigenvalue weighted by atomic mass is 16.7. The van der Waals surface area contributed by atoms with Crippen LogP contribution in [-0.4, -0.2) is 50.0 Å². The van der Waals surface area contributed by atoms with Crippen LogP contribution in [0.15, 0.2) is 83.5 Å². The van der Waals surface area contributed by atoms with E-state index in [-0.39, 0.29) is 30.5 Å². The molecule has 1 aromatic heterocycles. The van der Waals surface area contributed by atoms with Crippen LogP contribution in [0.1, 0.15) is 37.2 Å². The summed E-state index contributed by atoms with van der Waals surface area (Å²) < 4.78 is 42.4. The van der Waals surface area contributed by atoms with Crippen molar-refractivity contribution in [1.82, 2.24) is 0 Å². The molecule has 7 heteroatoms. The minimum absolute atomic E-state index is 0.0899. The van der Waals surface area contributed by atoms with Crippen molar-refractivity contribution >= 4 is 6.08 Å². The molecule has 5 rings (SSSR count). The number of furan rings is 1. The molecule has 7 nitrogen and oxygen atoms in total. The van der Waals surface area contributed by atoms with Crippen molar-refractivity contribution in [3.8, 4) is 5.75 Å². The Bertz CT molecular complexity index is 1140. The lowest BCUT2D eigenvalue weighted by Crippen LogP contribution is -2.38. The van der Waals surface area contributed by atoms with E-state index in [1.165, 1.54) is 0 Å². The molecule has 2 aliphatic heterocycles. The van der Waals surface area contributed by atoms with Gasteiger partial charge in [0.15, 0.2) is 5.79 Å². The molecule has 0 bridgehead atoms. The third kappa shape index (κ3) is 6.92. The Hall–Kier alpha value is -2.94. The van der Waals surface area contributed by atoms with E-state index in [0.29, 0.717) is 26.2 Å². The van der Waals surface area contributed by atoms with Crippen molar-refractivity contribution in [3.05, 3.63) is 96.0 Å². The number of hydrogen-bond donors (Lipinski definition) is 0. The van der Waals surface area contributed by atoms with Gasteiger partial charge in [0, 0.05) is 6.42 Å². The van der Waals surface area contributed by atoms with Crippen LogP contribution in [-0.2, 0) is 36.9 Å². The van der Waals surface area contributed by atoms with E-state index in [0.717, 1.165) is 22.6 Å². The minimum atomic E-state index is -0.605. The maximum Gasteiger partial charge on any atom is 0.163 e. The number of ether oxygens (including phenoxy) is 6. The summed E-state index contributed by atoms with van der Waals surface area (Å²) in [7, 11) is 1.66. The van der Waals surface area contributed by atoms with E-state index in [4.69, 9.17) is 32.8 Å². The lowest BCUT2D eigenvalue weighted by molar-refractivity contribution is -0.145. The van der Waals surface area contributed by atoms with Gasteiger partial charge in [-0.2, -0.15) is 0 Å². The van der Waals surface area contributed by atoms with Gasteiger partial charge in [-0.05, 0) is 61.4 Å². The zero-order valence-electron chi connectivity index (χ0n) is 22.2. The Morgan fingerprint density at radius 3 is 2.29 bits per heavy atom. The summed E-state index contributed by atoms with van der Waals surface area (Å²) in [5, 5.41) is 0. The van der Waals surface area contributed by atoms with Gasteiger partial charge in [0.1, 0.15) is 29.8 Å². The molecule has 0 radical (unpaired) electrons. The van der Waals surface area contributed by atoms with Crippen molar-refractivity contribution in [2.75, 3.05) is 13.7 Å². The SMILES string of the molecule is COc1ccc(CO[C@@H]2[C@@H](OCc3ccccc3)[C@@H](C[C@@H]3COC(C)(C)O3)O[C@H]2C=Cc2ccco2)cc1.